The predicted octanol–water partition coefficient (Wildman–Crippen LogP) is 2.61. The van der Waals surface area contributed by atoms with E-state index in [0.717, 1.165) is 23.4 Å². The molecule has 0 bridgehead atoms. The number of carbonyl (C=O) groups excluding carboxylic acids is 1. The van der Waals surface area contributed by atoms with Crippen LogP contribution in [0.1, 0.15) is 44.1 Å². The summed E-state index contributed by atoms with van der Waals surface area (Å²) in [6.07, 6.45) is 6.11. The molecule has 1 amide bonds. The van der Waals surface area contributed by atoms with Crippen molar-refractivity contribution in [1.82, 2.24) is 10.3 Å². The van der Waals surface area contributed by atoms with Gasteiger partial charge in [0.05, 0.1) is 4.70 Å². The summed E-state index contributed by atoms with van der Waals surface area (Å²) in [5, 5.41) is 13.4. The van der Waals surface area contributed by atoms with Gasteiger partial charge in [-0.2, -0.15) is 0 Å². The Bertz CT molecular complexity index is 810. The molecule has 8 heteroatoms. The molecule has 1 saturated carbocycles. The number of aromatic amines is 1. The summed E-state index contributed by atoms with van der Waals surface area (Å²) in [7, 11) is 0. The van der Waals surface area contributed by atoms with Crippen molar-refractivity contribution in [2.75, 3.05) is 6.54 Å². The van der Waals surface area contributed by atoms with Crippen LogP contribution in [0.2, 0.25) is 0 Å². The molecule has 2 aromatic rings. The van der Waals surface area contributed by atoms with Crippen molar-refractivity contribution in [3.05, 3.63) is 27.4 Å². The average molecular weight is 379 g/mol. The van der Waals surface area contributed by atoms with Gasteiger partial charge in [-0.15, -0.1) is 0 Å². The molecule has 0 radical (unpaired) electrons. The molecule has 1 aromatic carbocycles. The molecule has 1 heterocycles. The van der Waals surface area contributed by atoms with Gasteiger partial charge in [-0.25, -0.2) is 4.79 Å². The molecule has 1 atom stereocenters. The van der Waals surface area contributed by atoms with Crippen LogP contribution in [0.3, 0.4) is 0 Å². The number of hydrogen-bond acceptors (Lipinski definition) is 6. The maximum absolute atomic E-state index is 11.6. The molecule has 1 fully saturated rings. The second-order valence-electron chi connectivity index (χ2n) is 6.80. The second-order valence-corrected chi connectivity index (χ2v) is 7.79. The zero-order valence-electron chi connectivity index (χ0n) is 14.6. The second kappa shape index (κ2) is 8.55. The fourth-order valence-electron chi connectivity index (χ4n) is 3.60. The number of primary amides is 1. The number of H-pyrrole nitrogens is 1. The Labute approximate surface area is 155 Å². The van der Waals surface area contributed by atoms with Crippen LogP contribution in [-0.4, -0.2) is 34.9 Å². The Morgan fingerprint density at radius 2 is 2.15 bits per heavy atom. The summed E-state index contributed by atoms with van der Waals surface area (Å²) >= 11 is 1.04. The maximum Gasteiger partial charge on any atom is 0.404 e. The van der Waals surface area contributed by atoms with Gasteiger partial charge in [0, 0.05) is 12.5 Å². The molecule has 26 heavy (non-hydrogen) atoms. The number of aromatic hydroxyl groups is 1. The molecule has 0 aliphatic heterocycles. The number of ether oxygens (including phenoxy) is 1. The molecule has 5 N–H and O–H groups in total. The molecular formula is C18H25N3O4S. The third kappa shape index (κ3) is 4.76. The van der Waals surface area contributed by atoms with Crippen LogP contribution in [0.15, 0.2) is 16.9 Å². The first-order valence-electron chi connectivity index (χ1n) is 9.06. The standard InChI is InChI=1S/C18H25N3O4S/c19-17(23)25-13(8-9-20-12-4-2-1-3-5-12)10-11-6-7-14(22)15-16(11)26-18(24)21-15/h6-7,12-13,20,22H,1-5,8-10H2,(H2,19,23)(H,21,24). The number of benzene rings is 1. The molecule has 3 rings (SSSR count). The van der Waals surface area contributed by atoms with E-state index >= 15 is 0 Å². The lowest BCUT2D eigenvalue weighted by molar-refractivity contribution is 0.100. The van der Waals surface area contributed by atoms with Crippen LogP contribution in [0.4, 0.5) is 4.79 Å². The molecule has 1 aliphatic carbocycles. The normalized spacial score (nSPS) is 16.6. The number of amides is 1. The van der Waals surface area contributed by atoms with Crippen LogP contribution >= 0.6 is 11.3 Å². The number of nitrogens with one attached hydrogen (secondary N) is 2. The highest BCUT2D eigenvalue weighted by Crippen LogP contribution is 2.29. The summed E-state index contributed by atoms with van der Waals surface area (Å²) in [6, 6.07) is 3.84. The summed E-state index contributed by atoms with van der Waals surface area (Å²) in [4.78, 5) is 25.3. The van der Waals surface area contributed by atoms with Crippen LogP contribution in [0, 0.1) is 0 Å². The van der Waals surface area contributed by atoms with Gasteiger partial charge in [0.25, 0.3) is 0 Å². The Balaban J connectivity index is 1.67. The first kappa shape index (κ1) is 18.7. The van der Waals surface area contributed by atoms with Gasteiger partial charge in [0.15, 0.2) is 0 Å². The van der Waals surface area contributed by atoms with E-state index in [2.05, 4.69) is 10.3 Å². The molecule has 0 spiro atoms. The largest absolute Gasteiger partial charge is 0.506 e. The SMILES string of the molecule is NC(=O)OC(CCNC1CCCCC1)Cc1ccc(O)c2[nH]c(=O)sc12. The lowest BCUT2D eigenvalue weighted by atomic mass is 9.95. The van der Waals surface area contributed by atoms with Gasteiger partial charge in [0.1, 0.15) is 17.4 Å². The fraction of sp³-hybridized carbons (Fsp3) is 0.556. The maximum atomic E-state index is 11.6. The average Bonchev–Trinajstić information content (AvgIpc) is 3.00. The van der Waals surface area contributed by atoms with Crippen LogP contribution in [0.25, 0.3) is 10.2 Å². The van der Waals surface area contributed by atoms with Crippen molar-refractivity contribution in [1.29, 1.82) is 0 Å². The molecule has 7 nitrogen and oxygen atoms in total. The van der Waals surface area contributed by atoms with Gasteiger partial charge in [-0.05, 0) is 37.4 Å². The minimum absolute atomic E-state index is 0.0356. The van der Waals surface area contributed by atoms with Crippen molar-refractivity contribution in [2.24, 2.45) is 5.73 Å². The third-order valence-electron chi connectivity index (χ3n) is 4.87. The Hall–Kier alpha value is -2.06. The van der Waals surface area contributed by atoms with E-state index in [1.165, 1.54) is 32.1 Å². The van der Waals surface area contributed by atoms with Crippen LogP contribution in [0.5, 0.6) is 5.75 Å². The van der Waals surface area contributed by atoms with Gasteiger partial charge in [-0.1, -0.05) is 36.7 Å². The van der Waals surface area contributed by atoms with Crippen molar-refractivity contribution >= 4 is 27.6 Å². The number of hydrogen-bond donors (Lipinski definition) is 4. The van der Waals surface area contributed by atoms with Crippen molar-refractivity contribution in [3.8, 4) is 5.75 Å². The lowest BCUT2D eigenvalue weighted by Crippen LogP contribution is -2.35. The summed E-state index contributed by atoms with van der Waals surface area (Å²) < 4.78 is 5.97. The zero-order valence-corrected chi connectivity index (χ0v) is 15.4. The number of phenolic OH excluding ortho intramolecular Hbond substituents is 1. The topological polar surface area (TPSA) is 117 Å². The molecule has 1 aliphatic rings. The van der Waals surface area contributed by atoms with Gasteiger partial charge < -0.3 is 25.9 Å². The first-order chi connectivity index (χ1) is 12.5. The minimum atomic E-state index is -0.801. The van der Waals surface area contributed by atoms with E-state index in [4.69, 9.17) is 10.5 Å². The third-order valence-corrected chi connectivity index (χ3v) is 5.83. The number of nitrogens with two attached hydrogens (primary N) is 1. The number of fused-ring (bicyclic) bond motifs is 1. The van der Waals surface area contributed by atoms with E-state index < -0.39 is 6.09 Å². The number of phenols is 1. The minimum Gasteiger partial charge on any atom is -0.506 e. The van der Waals surface area contributed by atoms with Crippen LogP contribution < -0.4 is 15.9 Å². The quantitative estimate of drug-likeness (QED) is 0.590. The van der Waals surface area contributed by atoms with E-state index in [9.17, 15) is 14.7 Å². The number of rotatable bonds is 7. The van der Waals surface area contributed by atoms with E-state index in [0.29, 0.717) is 29.1 Å². The van der Waals surface area contributed by atoms with Gasteiger partial charge in [0.2, 0.25) is 0 Å². The Kier molecular flexibility index (Phi) is 6.16. The van der Waals surface area contributed by atoms with Crippen LogP contribution in [-0.2, 0) is 11.2 Å². The highest BCUT2D eigenvalue weighted by atomic mass is 32.1. The zero-order chi connectivity index (χ0) is 18.5. The summed E-state index contributed by atoms with van der Waals surface area (Å²) in [5.74, 6) is 0.0356. The molecule has 1 aromatic heterocycles. The van der Waals surface area contributed by atoms with Crippen molar-refractivity contribution in [2.45, 2.75) is 57.1 Å². The van der Waals surface area contributed by atoms with E-state index in [-0.39, 0.29) is 16.7 Å². The first-order valence-corrected chi connectivity index (χ1v) is 9.87. The van der Waals surface area contributed by atoms with Crippen molar-refractivity contribution in [3.63, 3.8) is 0 Å². The molecule has 142 valence electrons. The molecule has 0 saturated heterocycles. The monoisotopic (exact) mass is 379 g/mol. The number of aromatic nitrogens is 1. The summed E-state index contributed by atoms with van der Waals surface area (Å²) in [6.45, 7) is 0.743. The molecular weight excluding hydrogens is 354 g/mol. The fourth-order valence-corrected chi connectivity index (χ4v) is 4.48. The predicted molar refractivity (Wildman–Crippen MR) is 102 cm³/mol. The number of thiazole rings is 1. The Morgan fingerprint density at radius 3 is 2.88 bits per heavy atom. The van der Waals surface area contributed by atoms with Gasteiger partial charge in [-0.3, -0.25) is 4.79 Å². The van der Waals surface area contributed by atoms with E-state index in [1.54, 1.807) is 12.1 Å². The molecule has 1 unspecified atom stereocenters. The smallest absolute Gasteiger partial charge is 0.404 e. The number of carbonyl (C=O) groups is 1. The van der Waals surface area contributed by atoms with Gasteiger partial charge >= 0.3 is 11.0 Å². The highest BCUT2D eigenvalue weighted by molar-refractivity contribution is 7.16. The van der Waals surface area contributed by atoms with E-state index in [1.807, 2.05) is 0 Å². The summed E-state index contributed by atoms with van der Waals surface area (Å²) in [5.41, 5.74) is 6.51. The Morgan fingerprint density at radius 1 is 1.38 bits per heavy atom. The van der Waals surface area contributed by atoms with Crippen molar-refractivity contribution < 1.29 is 14.6 Å². The lowest BCUT2D eigenvalue weighted by Gasteiger charge is -2.24. The highest BCUT2D eigenvalue weighted by Gasteiger charge is 2.19.